The zero-order valence-electron chi connectivity index (χ0n) is 11.5. The Kier molecular flexibility index (Phi) is 3.45. The molecule has 2 heterocycles. The normalized spacial score (nSPS) is 45.9. The van der Waals surface area contributed by atoms with Crippen LogP contribution in [0.1, 0.15) is 58.8 Å². The van der Waals surface area contributed by atoms with E-state index in [0.29, 0.717) is 0 Å². The topological polar surface area (TPSA) is 15.3 Å². The van der Waals surface area contributed by atoms with Crippen molar-refractivity contribution in [1.29, 1.82) is 0 Å². The molecule has 0 amide bonds. The van der Waals surface area contributed by atoms with Crippen LogP contribution in [0.5, 0.6) is 0 Å². The zero-order valence-corrected chi connectivity index (χ0v) is 11.5. The number of piperidine rings is 1. The Bertz CT molecular complexity index is 246. The molecule has 2 heteroatoms. The molecule has 98 valence electrons. The number of rotatable bonds is 4. The van der Waals surface area contributed by atoms with Crippen LogP contribution in [0.3, 0.4) is 0 Å². The molecule has 0 aromatic rings. The van der Waals surface area contributed by atoms with Gasteiger partial charge in [-0.25, -0.2) is 0 Å². The first-order chi connectivity index (χ1) is 8.28. The third kappa shape index (κ3) is 2.26. The van der Waals surface area contributed by atoms with Crippen LogP contribution < -0.4 is 5.32 Å². The average Bonchev–Trinajstić information content (AvgIpc) is 2.53. The van der Waals surface area contributed by atoms with Gasteiger partial charge in [-0.3, -0.25) is 4.90 Å². The van der Waals surface area contributed by atoms with Gasteiger partial charge in [0.15, 0.2) is 0 Å². The molecule has 2 unspecified atom stereocenters. The summed E-state index contributed by atoms with van der Waals surface area (Å²) >= 11 is 0. The van der Waals surface area contributed by atoms with E-state index in [-0.39, 0.29) is 0 Å². The second kappa shape index (κ2) is 4.89. The predicted octanol–water partition coefficient (Wildman–Crippen LogP) is 2.78. The van der Waals surface area contributed by atoms with Crippen molar-refractivity contribution in [2.24, 2.45) is 5.92 Å². The molecule has 2 atom stereocenters. The van der Waals surface area contributed by atoms with Gasteiger partial charge >= 0.3 is 0 Å². The van der Waals surface area contributed by atoms with Crippen molar-refractivity contribution in [3.8, 4) is 0 Å². The molecular formula is C15H28N2. The second-order valence-corrected chi connectivity index (χ2v) is 6.69. The monoisotopic (exact) mass is 236 g/mol. The van der Waals surface area contributed by atoms with Crippen LogP contribution in [0.15, 0.2) is 0 Å². The van der Waals surface area contributed by atoms with Crippen molar-refractivity contribution in [2.75, 3.05) is 6.54 Å². The summed E-state index contributed by atoms with van der Waals surface area (Å²) < 4.78 is 0. The fourth-order valence-electron chi connectivity index (χ4n) is 4.43. The fourth-order valence-corrected chi connectivity index (χ4v) is 4.43. The van der Waals surface area contributed by atoms with Crippen LogP contribution in [0.4, 0.5) is 0 Å². The minimum atomic E-state index is 0.821. The first-order valence-corrected chi connectivity index (χ1v) is 7.78. The van der Waals surface area contributed by atoms with E-state index in [1.165, 1.54) is 51.5 Å². The maximum Gasteiger partial charge on any atom is 0.0116 e. The van der Waals surface area contributed by atoms with E-state index in [2.05, 4.69) is 24.1 Å². The van der Waals surface area contributed by atoms with Crippen molar-refractivity contribution >= 4 is 0 Å². The highest BCUT2D eigenvalue weighted by Crippen LogP contribution is 2.43. The van der Waals surface area contributed by atoms with E-state index in [1.54, 1.807) is 0 Å². The van der Waals surface area contributed by atoms with Crippen LogP contribution >= 0.6 is 0 Å². The summed E-state index contributed by atoms with van der Waals surface area (Å²) in [6, 6.07) is 3.61. The zero-order chi connectivity index (χ0) is 11.8. The standard InChI is InChI=1S/C15H28N2/c1-3-6-16-12-9-13-4-5-14(10-12)17(13)15-7-11(2)8-15/h11-16H,3-10H2,1-2H3. The van der Waals surface area contributed by atoms with Crippen molar-refractivity contribution in [1.82, 2.24) is 10.2 Å². The number of hydrogen-bond acceptors (Lipinski definition) is 2. The Morgan fingerprint density at radius 2 is 1.65 bits per heavy atom. The molecular weight excluding hydrogens is 208 g/mol. The highest BCUT2D eigenvalue weighted by molar-refractivity contribution is 5.02. The number of nitrogens with zero attached hydrogens (tertiary/aromatic N) is 1. The molecule has 0 aromatic heterocycles. The smallest absolute Gasteiger partial charge is 0.0116 e. The number of nitrogens with one attached hydrogen (secondary N) is 1. The first kappa shape index (κ1) is 12.0. The molecule has 2 saturated heterocycles. The summed E-state index contributed by atoms with van der Waals surface area (Å²) in [7, 11) is 0. The highest BCUT2D eigenvalue weighted by atomic mass is 15.3. The van der Waals surface area contributed by atoms with Crippen molar-refractivity contribution in [2.45, 2.75) is 83.0 Å². The van der Waals surface area contributed by atoms with Gasteiger partial charge in [0.2, 0.25) is 0 Å². The lowest BCUT2D eigenvalue weighted by Crippen LogP contribution is -2.56. The predicted molar refractivity (Wildman–Crippen MR) is 72.2 cm³/mol. The minimum absolute atomic E-state index is 0.821. The maximum atomic E-state index is 3.75. The summed E-state index contributed by atoms with van der Waals surface area (Å²) in [5.74, 6) is 0.996. The minimum Gasteiger partial charge on any atom is -0.314 e. The van der Waals surface area contributed by atoms with Crippen LogP contribution in [-0.4, -0.2) is 35.6 Å². The lowest BCUT2D eigenvalue weighted by atomic mass is 9.78. The quantitative estimate of drug-likeness (QED) is 0.807. The molecule has 1 aliphatic carbocycles. The molecule has 2 nitrogen and oxygen atoms in total. The Hall–Kier alpha value is -0.0800. The fraction of sp³-hybridized carbons (Fsp3) is 1.00. The van der Waals surface area contributed by atoms with Gasteiger partial charge in [-0.2, -0.15) is 0 Å². The molecule has 17 heavy (non-hydrogen) atoms. The van der Waals surface area contributed by atoms with E-state index in [4.69, 9.17) is 0 Å². The molecule has 0 aromatic carbocycles. The van der Waals surface area contributed by atoms with Gasteiger partial charge in [-0.15, -0.1) is 0 Å². The van der Waals surface area contributed by atoms with Crippen LogP contribution in [0, 0.1) is 5.92 Å². The lowest BCUT2D eigenvalue weighted by Gasteiger charge is -2.49. The second-order valence-electron chi connectivity index (χ2n) is 6.69. The van der Waals surface area contributed by atoms with E-state index in [9.17, 15) is 0 Å². The summed E-state index contributed by atoms with van der Waals surface area (Å²) in [5, 5.41) is 3.75. The molecule has 3 fully saturated rings. The van der Waals surface area contributed by atoms with Crippen LogP contribution in [-0.2, 0) is 0 Å². The van der Waals surface area contributed by atoms with Gasteiger partial charge in [-0.1, -0.05) is 13.8 Å². The molecule has 0 radical (unpaired) electrons. The van der Waals surface area contributed by atoms with E-state index >= 15 is 0 Å². The largest absolute Gasteiger partial charge is 0.314 e. The van der Waals surface area contributed by atoms with Gasteiger partial charge in [0, 0.05) is 24.2 Å². The Balaban J connectivity index is 1.56. The van der Waals surface area contributed by atoms with Gasteiger partial charge in [0.05, 0.1) is 0 Å². The summed E-state index contributed by atoms with van der Waals surface area (Å²) in [6.45, 7) is 5.89. The van der Waals surface area contributed by atoms with Crippen molar-refractivity contribution < 1.29 is 0 Å². The van der Waals surface area contributed by atoms with Gasteiger partial charge in [-0.05, 0) is 57.4 Å². The maximum absolute atomic E-state index is 3.75. The summed E-state index contributed by atoms with van der Waals surface area (Å²) in [6.07, 6.45) is 10.00. The molecule has 3 rings (SSSR count). The summed E-state index contributed by atoms with van der Waals surface area (Å²) in [5.41, 5.74) is 0. The number of hydrogen-bond donors (Lipinski definition) is 1. The average molecular weight is 236 g/mol. The molecule has 3 aliphatic rings. The SMILES string of the molecule is CCCNC1CC2CCC(C1)N2C1CC(C)C1. The molecule has 1 N–H and O–H groups in total. The Labute approximate surface area is 106 Å². The van der Waals surface area contributed by atoms with Gasteiger partial charge in [0.1, 0.15) is 0 Å². The molecule has 2 aliphatic heterocycles. The molecule has 0 spiro atoms. The van der Waals surface area contributed by atoms with Crippen LogP contribution in [0.25, 0.3) is 0 Å². The molecule has 1 saturated carbocycles. The third-order valence-corrected chi connectivity index (χ3v) is 5.24. The first-order valence-electron chi connectivity index (χ1n) is 7.78. The van der Waals surface area contributed by atoms with Gasteiger partial charge < -0.3 is 5.32 Å². The van der Waals surface area contributed by atoms with E-state index < -0.39 is 0 Å². The molecule has 2 bridgehead atoms. The Morgan fingerprint density at radius 3 is 2.18 bits per heavy atom. The van der Waals surface area contributed by atoms with Gasteiger partial charge in [0.25, 0.3) is 0 Å². The highest BCUT2D eigenvalue weighted by Gasteiger charge is 2.46. The number of fused-ring (bicyclic) bond motifs is 2. The van der Waals surface area contributed by atoms with E-state index in [0.717, 1.165) is 30.1 Å². The van der Waals surface area contributed by atoms with Crippen molar-refractivity contribution in [3.05, 3.63) is 0 Å². The van der Waals surface area contributed by atoms with Crippen LogP contribution in [0.2, 0.25) is 0 Å². The third-order valence-electron chi connectivity index (χ3n) is 5.24. The Morgan fingerprint density at radius 1 is 1.00 bits per heavy atom. The van der Waals surface area contributed by atoms with Crippen molar-refractivity contribution in [3.63, 3.8) is 0 Å². The lowest BCUT2D eigenvalue weighted by molar-refractivity contribution is 0.00991. The van der Waals surface area contributed by atoms with E-state index in [1.807, 2.05) is 0 Å². The summed E-state index contributed by atoms with van der Waals surface area (Å²) in [4.78, 5) is 2.92.